The van der Waals surface area contributed by atoms with Crippen LogP contribution in [0.4, 0.5) is 10.6 Å². The molecule has 142 valence electrons. The van der Waals surface area contributed by atoms with Crippen molar-refractivity contribution < 1.29 is 18.9 Å². The Labute approximate surface area is 156 Å². The van der Waals surface area contributed by atoms with Crippen molar-refractivity contribution in [2.75, 3.05) is 11.9 Å². The lowest BCUT2D eigenvalue weighted by Crippen LogP contribution is -2.42. The molecular weight excluding hydrogens is 348 g/mol. The smallest absolute Gasteiger partial charge is 0.325 e. The number of urea groups is 1. The zero-order chi connectivity index (χ0) is 19.8. The predicted octanol–water partition coefficient (Wildman–Crippen LogP) is 2.51. The Morgan fingerprint density at radius 1 is 1.30 bits per heavy atom. The van der Waals surface area contributed by atoms with E-state index in [1.165, 1.54) is 0 Å². The third kappa shape index (κ3) is 3.55. The van der Waals surface area contributed by atoms with E-state index >= 15 is 0 Å². The highest BCUT2D eigenvalue weighted by Crippen LogP contribution is 2.29. The predicted molar refractivity (Wildman–Crippen MR) is 98.0 cm³/mol. The Kier molecular flexibility index (Phi) is 4.73. The van der Waals surface area contributed by atoms with E-state index in [9.17, 15) is 14.4 Å². The van der Waals surface area contributed by atoms with Crippen molar-refractivity contribution in [2.24, 2.45) is 0 Å². The van der Waals surface area contributed by atoms with Gasteiger partial charge in [0.15, 0.2) is 5.82 Å². The van der Waals surface area contributed by atoms with Gasteiger partial charge in [-0.25, -0.2) is 4.79 Å². The van der Waals surface area contributed by atoms with Crippen LogP contribution in [0, 0.1) is 6.92 Å². The summed E-state index contributed by atoms with van der Waals surface area (Å²) in [5.74, 6) is 0.123. The molecule has 2 aromatic rings. The lowest BCUT2D eigenvalue weighted by molar-refractivity contribution is -0.133. The van der Waals surface area contributed by atoms with Gasteiger partial charge in [-0.2, -0.15) is 0 Å². The molecule has 3 rings (SSSR count). The number of rotatable bonds is 5. The zero-order valence-corrected chi connectivity index (χ0v) is 15.7. The van der Waals surface area contributed by atoms with Crippen LogP contribution in [0.2, 0.25) is 0 Å². The summed E-state index contributed by atoms with van der Waals surface area (Å²) < 4.78 is 4.87. The van der Waals surface area contributed by atoms with Gasteiger partial charge in [-0.15, -0.1) is 0 Å². The molecule has 8 heteroatoms. The minimum absolute atomic E-state index is 0.233. The second-order valence-electron chi connectivity index (χ2n) is 7.09. The molecule has 0 spiro atoms. The van der Waals surface area contributed by atoms with Crippen LogP contribution in [0.3, 0.4) is 0 Å². The second-order valence-corrected chi connectivity index (χ2v) is 7.09. The van der Waals surface area contributed by atoms with Gasteiger partial charge in [-0.1, -0.05) is 43.3 Å². The van der Waals surface area contributed by atoms with E-state index in [1.807, 2.05) is 24.3 Å². The molecule has 0 bridgehead atoms. The van der Waals surface area contributed by atoms with Crippen LogP contribution in [0.5, 0.6) is 0 Å². The Hall–Kier alpha value is -3.16. The standard InChI is InChI=1S/C19H22N4O4/c1-11(2)13-5-7-14(8-6-13)19(4)17(25)23(18(26)21-19)10-16(24)20-15-9-12(3)27-22-15/h5-9,11H,10H2,1-4H3,(H,21,26)(H,20,22,24). The van der Waals surface area contributed by atoms with E-state index in [-0.39, 0.29) is 5.82 Å². The van der Waals surface area contributed by atoms with Gasteiger partial charge in [0.2, 0.25) is 5.91 Å². The molecule has 1 unspecified atom stereocenters. The lowest BCUT2D eigenvalue weighted by Gasteiger charge is -2.22. The van der Waals surface area contributed by atoms with Crippen molar-refractivity contribution in [3.63, 3.8) is 0 Å². The van der Waals surface area contributed by atoms with Crippen molar-refractivity contribution in [3.05, 3.63) is 47.2 Å². The molecule has 1 fully saturated rings. The maximum absolute atomic E-state index is 12.9. The average molecular weight is 370 g/mol. The number of benzene rings is 1. The Morgan fingerprint density at radius 2 is 1.96 bits per heavy atom. The Morgan fingerprint density at radius 3 is 2.52 bits per heavy atom. The number of anilines is 1. The summed E-state index contributed by atoms with van der Waals surface area (Å²) in [6.45, 7) is 7.08. The number of aromatic nitrogens is 1. The van der Waals surface area contributed by atoms with E-state index < -0.39 is 29.9 Å². The van der Waals surface area contributed by atoms with Gasteiger partial charge in [-0.3, -0.25) is 14.5 Å². The van der Waals surface area contributed by atoms with Crippen LogP contribution in [-0.4, -0.2) is 34.4 Å². The molecule has 1 aromatic heterocycles. The van der Waals surface area contributed by atoms with Crippen molar-refractivity contribution in [1.82, 2.24) is 15.4 Å². The largest absolute Gasteiger partial charge is 0.360 e. The molecule has 1 aliphatic heterocycles. The maximum Gasteiger partial charge on any atom is 0.325 e. The SMILES string of the molecule is Cc1cc(NC(=O)CN2C(=O)NC(C)(c3ccc(C(C)C)cc3)C2=O)no1. The molecule has 4 amide bonds. The van der Waals surface area contributed by atoms with Gasteiger partial charge < -0.3 is 15.2 Å². The number of carbonyl (C=O) groups is 3. The molecule has 2 heterocycles. The van der Waals surface area contributed by atoms with E-state index in [1.54, 1.807) is 19.9 Å². The number of carbonyl (C=O) groups excluding carboxylic acids is 3. The molecular formula is C19H22N4O4. The van der Waals surface area contributed by atoms with Gasteiger partial charge in [-0.05, 0) is 30.9 Å². The summed E-state index contributed by atoms with van der Waals surface area (Å²) >= 11 is 0. The van der Waals surface area contributed by atoms with Crippen molar-refractivity contribution in [3.8, 4) is 0 Å². The van der Waals surface area contributed by atoms with E-state index in [4.69, 9.17) is 4.52 Å². The first-order valence-corrected chi connectivity index (χ1v) is 8.68. The number of nitrogens with zero attached hydrogens (tertiary/aromatic N) is 2. The van der Waals surface area contributed by atoms with Gasteiger partial charge in [0, 0.05) is 6.07 Å². The number of hydrogen-bond acceptors (Lipinski definition) is 5. The quantitative estimate of drug-likeness (QED) is 0.787. The summed E-state index contributed by atoms with van der Waals surface area (Å²) in [5.41, 5.74) is 0.593. The summed E-state index contributed by atoms with van der Waals surface area (Å²) in [7, 11) is 0. The first-order valence-electron chi connectivity index (χ1n) is 8.68. The molecule has 0 saturated carbocycles. The highest BCUT2D eigenvalue weighted by atomic mass is 16.5. The summed E-state index contributed by atoms with van der Waals surface area (Å²) in [6.07, 6.45) is 0. The van der Waals surface area contributed by atoms with Crippen LogP contribution < -0.4 is 10.6 Å². The van der Waals surface area contributed by atoms with Gasteiger partial charge in [0.25, 0.3) is 5.91 Å². The van der Waals surface area contributed by atoms with E-state index in [0.717, 1.165) is 10.5 Å². The van der Waals surface area contributed by atoms with Crippen LogP contribution in [0.25, 0.3) is 0 Å². The summed E-state index contributed by atoms with van der Waals surface area (Å²) in [5, 5.41) is 8.85. The fourth-order valence-electron chi connectivity index (χ4n) is 2.99. The van der Waals surface area contributed by atoms with Gasteiger partial charge >= 0.3 is 6.03 Å². The summed E-state index contributed by atoms with van der Waals surface area (Å²) in [4.78, 5) is 38.3. The van der Waals surface area contributed by atoms with Crippen molar-refractivity contribution in [1.29, 1.82) is 0 Å². The highest BCUT2D eigenvalue weighted by Gasteiger charge is 2.49. The van der Waals surface area contributed by atoms with Crippen LogP contribution >= 0.6 is 0 Å². The van der Waals surface area contributed by atoms with Gasteiger partial charge in [0.1, 0.15) is 17.8 Å². The minimum atomic E-state index is -1.21. The fraction of sp³-hybridized carbons (Fsp3) is 0.368. The number of nitrogens with one attached hydrogen (secondary N) is 2. The molecule has 8 nitrogen and oxygen atoms in total. The van der Waals surface area contributed by atoms with Crippen molar-refractivity contribution >= 4 is 23.7 Å². The molecule has 1 saturated heterocycles. The maximum atomic E-state index is 12.9. The first kappa shape index (κ1) is 18.6. The minimum Gasteiger partial charge on any atom is -0.360 e. The van der Waals surface area contributed by atoms with Crippen LogP contribution in [0.15, 0.2) is 34.9 Å². The molecule has 0 radical (unpaired) electrons. The average Bonchev–Trinajstić information content (AvgIpc) is 3.11. The highest BCUT2D eigenvalue weighted by molar-refractivity contribution is 6.10. The molecule has 1 aliphatic rings. The third-order valence-corrected chi connectivity index (χ3v) is 4.63. The second kappa shape index (κ2) is 6.86. The lowest BCUT2D eigenvalue weighted by atomic mass is 9.90. The van der Waals surface area contributed by atoms with Gasteiger partial charge in [0.05, 0.1) is 0 Å². The van der Waals surface area contributed by atoms with Crippen LogP contribution in [-0.2, 0) is 15.1 Å². The number of hydrogen-bond donors (Lipinski definition) is 2. The molecule has 0 aliphatic carbocycles. The fourth-order valence-corrected chi connectivity index (χ4v) is 2.99. The molecule has 1 atom stereocenters. The number of imide groups is 1. The third-order valence-electron chi connectivity index (χ3n) is 4.63. The number of aryl methyl sites for hydroxylation is 1. The normalized spacial score (nSPS) is 19.5. The Bertz CT molecular complexity index is 887. The monoisotopic (exact) mass is 370 g/mol. The molecule has 1 aromatic carbocycles. The zero-order valence-electron chi connectivity index (χ0n) is 15.7. The van der Waals surface area contributed by atoms with Crippen molar-refractivity contribution in [2.45, 2.75) is 39.2 Å². The topological polar surface area (TPSA) is 105 Å². The Balaban J connectivity index is 1.74. The van der Waals surface area contributed by atoms with E-state index in [0.29, 0.717) is 17.2 Å². The molecule has 2 N–H and O–H groups in total. The van der Waals surface area contributed by atoms with E-state index in [2.05, 4.69) is 29.6 Å². The summed E-state index contributed by atoms with van der Waals surface area (Å²) in [6, 6.07) is 8.47. The van der Waals surface area contributed by atoms with Crippen LogP contribution in [0.1, 0.15) is 43.6 Å². The number of amides is 4. The molecule has 27 heavy (non-hydrogen) atoms. The first-order chi connectivity index (χ1) is 12.7.